The highest BCUT2D eigenvalue weighted by atomic mass is 79.9. The summed E-state index contributed by atoms with van der Waals surface area (Å²) in [5, 5.41) is 0. The Morgan fingerprint density at radius 2 is 2.09 bits per heavy atom. The summed E-state index contributed by atoms with van der Waals surface area (Å²) in [6.45, 7) is 2.18. The Labute approximate surface area is 134 Å². The Hall–Kier alpha value is -2.34. The quantitative estimate of drug-likeness (QED) is 0.656. The van der Waals surface area contributed by atoms with Gasteiger partial charge in [0.25, 0.3) is 0 Å². The lowest BCUT2D eigenvalue weighted by atomic mass is 10.1. The second-order valence-corrected chi connectivity index (χ2v) is 5.98. The first kappa shape index (κ1) is 13.3. The number of imidazole rings is 1. The Morgan fingerprint density at radius 3 is 2.91 bits per heavy atom. The minimum atomic E-state index is 0.219. The molecular weight excluding hydrogens is 348 g/mol. The van der Waals surface area contributed by atoms with Crippen molar-refractivity contribution in [2.75, 3.05) is 6.79 Å². The summed E-state index contributed by atoms with van der Waals surface area (Å²) >= 11 is 3.45. The number of halogens is 1. The molecule has 0 unspecified atom stereocenters. The van der Waals surface area contributed by atoms with Crippen molar-refractivity contribution >= 4 is 27.9 Å². The molecule has 0 aliphatic carbocycles. The zero-order valence-corrected chi connectivity index (χ0v) is 13.3. The minimum Gasteiger partial charge on any atom is -0.454 e. The van der Waals surface area contributed by atoms with Crippen molar-refractivity contribution in [2.45, 2.75) is 6.92 Å². The lowest BCUT2D eigenvalue weighted by Gasteiger charge is -2.01. The molecule has 0 fully saturated rings. The second kappa shape index (κ2) is 4.84. The van der Waals surface area contributed by atoms with Gasteiger partial charge in [-0.3, -0.25) is 9.20 Å². The number of rotatable bonds is 2. The smallest absolute Gasteiger partial charge is 0.231 e. The van der Waals surface area contributed by atoms with E-state index in [4.69, 9.17) is 9.47 Å². The van der Waals surface area contributed by atoms with Gasteiger partial charge < -0.3 is 9.47 Å². The van der Waals surface area contributed by atoms with Crippen molar-refractivity contribution in [3.05, 3.63) is 46.2 Å². The zero-order chi connectivity index (χ0) is 15.3. The Kier molecular flexibility index (Phi) is 2.94. The van der Waals surface area contributed by atoms with Crippen LogP contribution in [0.5, 0.6) is 11.5 Å². The number of benzene rings is 1. The number of nitrogens with zero attached hydrogens (tertiary/aromatic N) is 2. The first-order valence-electron chi connectivity index (χ1n) is 6.71. The Morgan fingerprint density at radius 1 is 1.27 bits per heavy atom. The van der Waals surface area contributed by atoms with E-state index in [1.54, 1.807) is 4.40 Å². The maximum absolute atomic E-state index is 11.6. The highest BCUT2D eigenvalue weighted by Crippen LogP contribution is 2.36. The molecule has 3 heterocycles. The molecule has 1 aliphatic rings. The first-order chi connectivity index (χ1) is 10.7. The van der Waals surface area contributed by atoms with E-state index in [2.05, 4.69) is 20.9 Å². The van der Waals surface area contributed by atoms with E-state index in [9.17, 15) is 4.79 Å². The number of carbonyl (C=O) groups is 1. The molecule has 22 heavy (non-hydrogen) atoms. The van der Waals surface area contributed by atoms with Crippen molar-refractivity contribution in [3.8, 4) is 22.8 Å². The van der Waals surface area contributed by atoms with Crippen LogP contribution in [0.25, 0.3) is 16.9 Å². The summed E-state index contributed by atoms with van der Waals surface area (Å²) in [6.07, 6.45) is 2.67. The summed E-state index contributed by atoms with van der Waals surface area (Å²) in [5.41, 5.74) is 3.72. The van der Waals surface area contributed by atoms with Crippen molar-refractivity contribution < 1.29 is 14.3 Å². The van der Waals surface area contributed by atoms with Crippen LogP contribution < -0.4 is 9.47 Å². The number of aryl methyl sites for hydroxylation is 1. The van der Waals surface area contributed by atoms with E-state index in [0.29, 0.717) is 22.9 Å². The Balaban J connectivity index is 1.98. The van der Waals surface area contributed by atoms with Gasteiger partial charge in [-0.2, -0.15) is 0 Å². The number of hydrogen-bond donors (Lipinski definition) is 0. The maximum Gasteiger partial charge on any atom is 0.231 e. The fourth-order valence-electron chi connectivity index (χ4n) is 2.65. The van der Waals surface area contributed by atoms with Gasteiger partial charge in [0.2, 0.25) is 6.79 Å². The molecule has 0 N–H and O–H groups in total. The van der Waals surface area contributed by atoms with E-state index < -0.39 is 0 Å². The van der Waals surface area contributed by atoms with Crippen LogP contribution >= 0.6 is 15.9 Å². The average molecular weight is 359 g/mol. The van der Waals surface area contributed by atoms with Crippen LogP contribution in [0.1, 0.15) is 16.1 Å². The molecule has 0 atom stereocenters. The van der Waals surface area contributed by atoms with Crippen molar-refractivity contribution in [1.29, 1.82) is 0 Å². The van der Waals surface area contributed by atoms with Gasteiger partial charge in [0, 0.05) is 16.2 Å². The summed E-state index contributed by atoms with van der Waals surface area (Å²) in [5.74, 6) is 1.38. The minimum absolute atomic E-state index is 0.219. The molecule has 1 aromatic carbocycles. The second-order valence-electron chi connectivity index (χ2n) is 5.07. The molecule has 0 bridgehead atoms. The van der Waals surface area contributed by atoms with Crippen LogP contribution in [0.4, 0.5) is 0 Å². The molecular formula is C16H11BrN2O3. The number of hydrogen-bond acceptors (Lipinski definition) is 4. The molecule has 0 amide bonds. The van der Waals surface area contributed by atoms with Crippen molar-refractivity contribution in [1.82, 2.24) is 9.38 Å². The lowest BCUT2D eigenvalue weighted by Crippen LogP contribution is -1.94. The molecule has 0 spiro atoms. The lowest BCUT2D eigenvalue weighted by molar-refractivity contribution is 0.111. The van der Waals surface area contributed by atoms with Crippen molar-refractivity contribution in [2.24, 2.45) is 0 Å². The molecule has 6 heteroatoms. The van der Waals surface area contributed by atoms with Crippen LogP contribution in [0.15, 0.2) is 34.9 Å². The van der Waals surface area contributed by atoms with E-state index in [1.807, 2.05) is 37.4 Å². The van der Waals surface area contributed by atoms with Crippen molar-refractivity contribution in [3.63, 3.8) is 0 Å². The fraction of sp³-hybridized carbons (Fsp3) is 0.125. The van der Waals surface area contributed by atoms with Crippen LogP contribution in [0.2, 0.25) is 0 Å². The topological polar surface area (TPSA) is 52.8 Å². The van der Waals surface area contributed by atoms with E-state index in [1.165, 1.54) is 0 Å². The third-order valence-corrected chi connectivity index (χ3v) is 4.10. The summed E-state index contributed by atoms with van der Waals surface area (Å²) in [4.78, 5) is 16.2. The number of fused-ring (bicyclic) bond motifs is 2. The highest BCUT2D eigenvalue weighted by molar-refractivity contribution is 9.10. The summed E-state index contributed by atoms with van der Waals surface area (Å²) < 4.78 is 13.4. The van der Waals surface area contributed by atoms with E-state index in [0.717, 1.165) is 27.5 Å². The summed E-state index contributed by atoms with van der Waals surface area (Å²) in [6, 6.07) is 7.54. The van der Waals surface area contributed by atoms with Gasteiger partial charge in [-0.25, -0.2) is 4.98 Å². The zero-order valence-electron chi connectivity index (χ0n) is 11.7. The largest absolute Gasteiger partial charge is 0.454 e. The molecule has 0 saturated heterocycles. The number of pyridine rings is 1. The van der Waals surface area contributed by atoms with Gasteiger partial charge >= 0.3 is 0 Å². The van der Waals surface area contributed by atoms with Gasteiger partial charge in [-0.1, -0.05) is 0 Å². The molecule has 0 radical (unpaired) electrons. The third kappa shape index (κ3) is 1.91. The van der Waals surface area contributed by atoms with Crippen LogP contribution in [-0.4, -0.2) is 22.5 Å². The predicted octanol–water partition coefficient (Wildman–Crippen LogP) is 3.61. The normalized spacial score (nSPS) is 12.8. The van der Waals surface area contributed by atoms with Gasteiger partial charge in [0.05, 0.1) is 0 Å². The number of aromatic nitrogens is 2. The first-order valence-corrected chi connectivity index (χ1v) is 7.50. The number of aldehydes is 1. The molecule has 110 valence electrons. The maximum atomic E-state index is 11.6. The monoisotopic (exact) mass is 358 g/mol. The van der Waals surface area contributed by atoms with Crippen LogP contribution in [-0.2, 0) is 0 Å². The number of ether oxygens (including phenoxy) is 2. The van der Waals surface area contributed by atoms with Crippen LogP contribution in [0.3, 0.4) is 0 Å². The highest BCUT2D eigenvalue weighted by Gasteiger charge is 2.19. The van der Waals surface area contributed by atoms with E-state index in [-0.39, 0.29) is 6.79 Å². The van der Waals surface area contributed by atoms with E-state index >= 15 is 0 Å². The Bertz CT molecular complexity index is 917. The molecule has 4 rings (SSSR count). The summed E-state index contributed by atoms with van der Waals surface area (Å²) in [7, 11) is 0. The molecule has 5 nitrogen and oxygen atoms in total. The molecule has 2 aromatic heterocycles. The third-order valence-electron chi connectivity index (χ3n) is 3.67. The predicted molar refractivity (Wildman–Crippen MR) is 84.6 cm³/mol. The standard InChI is InChI=1S/C16H11BrN2O3/c1-9-4-11(17)6-19-12(7-20)15(18-16(9)19)10-2-3-13-14(5-10)22-8-21-13/h2-7H,8H2,1H3. The molecule has 0 saturated carbocycles. The molecule has 3 aromatic rings. The average Bonchev–Trinajstić information content (AvgIpc) is 3.09. The molecule has 1 aliphatic heterocycles. The van der Waals surface area contributed by atoms with Gasteiger partial charge in [0.1, 0.15) is 17.0 Å². The number of carbonyl (C=O) groups excluding carboxylic acids is 1. The van der Waals surface area contributed by atoms with Gasteiger partial charge in [-0.05, 0) is 52.7 Å². The van der Waals surface area contributed by atoms with Gasteiger partial charge in [0.15, 0.2) is 17.8 Å². The fourth-order valence-corrected chi connectivity index (χ4v) is 3.20. The van der Waals surface area contributed by atoms with Gasteiger partial charge in [-0.15, -0.1) is 0 Å². The van der Waals surface area contributed by atoms with Crippen LogP contribution in [0, 0.1) is 6.92 Å². The SMILES string of the molecule is Cc1cc(Br)cn2c(C=O)c(-c3ccc4c(c3)OCO4)nc12.